The Labute approximate surface area is 116 Å². The molecule has 19 heavy (non-hydrogen) atoms. The number of nitrogens with two attached hydrogens (primary N) is 1. The number of aliphatic hydroxyl groups excluding tert-OH is 1. The Morgan fingerprint density at radius 2 is 1.53 bits per heavy atom. The molecule has 0 unspecified atom stereocenters. The van der Waals surface area contributed by atoms with Gasteiger partial charge in [-0.05, 0) is 25.7 Å². The van der Waals surface area contributed by atoms with Crippen LogP contribution in [-0.2, 0) is 4.79 Å². The highest BCUT2D eigenvalue weighted by molar-refractivity contribution is 5.83. The largest absolute Gasteiger partial charge is 0.394 e. The lowest BCUT2D eigenvalue weighted by atomic mass is 9.72. The molecule has 0 aliphatic heterocycles. The van der Waals surface area contributed by atoms with Gasteiger partial charge in [0.1, 0.15) is 0 Å². The summed E-state index contributed by atoms with van der Waals surface area (Å²) < 4.78 is 0. The van der Waals surface area contributed by atoms with Gasteiger partial charge in [0.15, 0.2) is 0 Å². The summed E-state index contributed by atoms with van der Waals surface area (Å²) in [5.41, 5.74) is 5.15. The predicted molar refractivity (Wildman–Crippen MR) is 75.6 cm³/mol. The molecule has 1 amide bonds. The zero-order valence-electron chi connectivity index (χ0n) is 11.9. The van der Waals surface area contributed by atoms with Crippen molar-refractivity contribution in [2.24, 2.45) is 11.1 Å². The third kappa shape index (κ3) is 3.11. The van der Waals surface area contributed by atoms with Crippen LogP contribution in [0.15, 0.2) is 0 Å². The van der Waals surface area contributed by atoms with E-state index in [1.54, 1.807) is 0 Å². The number of hydrogen-bond donors (Lipinski definition) is 3. The van der Waals surface area contributed by atoms with Crippen LogP contribution in [0.1, 0.15) is 64.2 Å². The summed E-state index contributed by atoms with van der Waals surface area (Å²) in [6.45, 7) is 0.486. The van der Waals surface area contributed by atoms with E-state index in [-0.39, 0.29) is 23.5 Å². The van der Waals surface area contributed by atoms with Crippen LogP contribution < -0.4 is 11.1 Å². The molecule has 2 fully saturated rings. The van der Waals surface area contributed by atoms with Gasteiger partial charge >= 0.3 is 0 Å². The monoisotopic (exact) mass is 268 g/mol. The fourth-order valence-electron chi connectivity index (χ4n) is 3.68. The first-order valence-corrected chi connectivity index (χ1v) is 7.80. The van der Waals surface area contributed by atoms with Gasteiger partial charge in [-0.15, -0.1) is 0 Å². The van der Waals surface area contributed by atoms with Crippen molar-refractivity contribution in [1.82, 2.24) is 5.32 Å². The third-order valence-corrected chi connectivity index (χ3v) is 5.18. The summed E-state index contributed by atoms with van der Waals surface area (Å²) in [6.07, 6.45) is 10.4. The minimum absolute atomic E-state index is 0.0550. The molecule has 0 heterocycles. The van der Waals surface area contributed by atoms with E-state index in [1.807, 2.05) is 0 Å². The first kappa shape index (κ1) is 14.8. The van der Waals surface area contributed by atoms with Crippen LogP contribution in [0, 0.1) is 5.41 Å². The van der Waals surface area contributed by atoms with Crippen molar-refractivity contribution < 1.29 is 9.90 Å². The van der Waals surface area contributed by atoms with E-state index in [2.05, 4.69) is 5.32 Å². The molecule has 2 saturated carbocycles. The molecular formula is C15H28N2O2. The molecule has 2 rings (SSSR count). The normalized spacial score (nSPS) is 25.8. The number of nitrogens with one attached hydrogen (secondary N) is 1. The lowest BCUT2D eigenvalue weighted by Crippen LogP contribution is -2.58. The Morgan fingerprint density at radius 1 is 1.00 bits per heavy atom. The Morgan fingerprint density at radius 3 is 2.00 bits per heavy atom. The summed E-state index contributed by atoms with van der Waals surface area (Å²) in [7, 11) is 0. The summed E-state index contributed by atoms with van der Waals surface area (Å²) >= 11 is 0. The second kappa shape index (κ2) is 6.23. The number of carbonyl (C=O) groups excluding carboxylic acids is 1. The van der Waals surface area contributed by atoms with E-state index >= 15 is 0 Å². The number of rotatable bonds is 4. The van der Waals surface area contributed by atoms with Crippen molar-refractivity contribution in [1.29, 1.82) is 0 Å². The number of carbonyl (C=O) groups is 1. The molecule has 4 nitrogen and oxygen atoms in total. The van der Waals surface area contributed by atoms with Gasteiger partial charge in [-0.1, -0.05) is 38.5 Å². The zero-order valence-corrected chi connectivity index (χ0v) is 11.9. The molecule has 0 aromatic carbocycles. The van der Waals surface area contributed by atoms with Crippen molar-refractivity contribution in [2.75, 3.05) is 13.2 Å². The quantitative estimate of drug-likeness (QED) is 0.726. The second-order valence-corrected chi connectivity index (χ2v) is 6.50. The van der Waals surface area contributed by atoms with Crippen LogP contribution in [0.3, 0.4) is 0 Å². The maximum absolute atomic E-state index is 12.7. The SMILES string of the molecule is NCC1(C(=O)NC2(CO)CCCCC2)CCCCC1. The van der Waals surface area contributed by atoms with E-state index in [4.69, 9.17) is 5.73 Å². The Hall–Kier alpha value is -0.610. The van der Waals surface area contributed by atoms with Crippen LogP contribution in [0.2, 0.25) is 0 Å². The van der Waals surface area contributed by atoms with Crippen LogP contribution in [-0.4, -0.2) is 29.7 Å². The van der Waals surface area contributed by atoms with Gasteiger partial charge in [-0.3, -0.25) is 4.79 Å². The highest BCUT2D eigenvalue weighted by Gasteiger charge is 2.42. The average Bonchev–Trinajstić information content (AvgIpc) is 2.48. The number of amides is 1. The van der Waals surface area contributed by atoms with Gasteiger partial charge in [0, 0.05) is 6.54 Å². The Bertz CT molecular complexity index is 305. The first-order chi connectivity index (χ1) is 9.16. The van der Waals surface area contributed by atoms with Gasteiger partial charge in [0.2, 0.25) is 5.91 Å². The highest BCUT2D eigenvalue weighted by atomic mass is 16.3. The average molecular weight is 268 g/mol. The van der Waals surface area contributed by atoms with Crippen LogP contribution in [0.25, 0.3) is 0 Å². The molecule has 2 aliphatic rings. The summed E-state index contributed by atoms with van der Waals surface area (Å²) in [6, 6.07) is 0. The van der Waals surface area contributed by atoms with Gasteiger partial charge in [-0.2, -0.15) is 0 Å². The van der Waals surface area contributed by atoms with Gasteiger partial charge < -0.3 is 16.2 Å². The topological polar surface area (TPSA) is 75.4 Å². The third-order valence-electron chi connectivity index (χ3n) is 5.18. The van der Waals surface area contributed by atoms with Crippen molar-refractivity contribution in [2.45, 2.75) is 69.7 Å². The van der Waals surface area contributed by atoms with Crippen LogP contribution in [0.4, 0.5) is 0 Å². The molecule has 2 aliphatic carbocycles. The summed E-state index contributed by atoms with van der Waals surface area (Å²) in [5, 5.41) is 12.9. The van der Waals surface area contributed by atoms with Gasteiger partial charge in [0.05, 0.1) is 17.6 Å². The fourth-order valence-corrected chi connectivity index (χ4v) is 3.68. The standard InChI is InChI=1S/C15H28N2O2/c16-11-14(7-3-1-4-8-14)13(19)17-15(12-18)9-5-2-6-10-15/h18H,1-12,16H2,(H,17,19). The van der Waals surface area contributed by atoms with Gasteiger partial charge in [0.25, 0.3) is 0 Å². The predicted octanol–water partition coefficient (Wildman–Crippen LogP) is 1.71. The lowest BCUT2D eigenvalue weighted by molar-refractivity contribution is -0.135. The molecule has 0 atom stereocenters. The summed E-state index contributed by atoms with van der Waals surface area (Å²) in [5.74, 6) is 0.0886. The van der Waals surface area contributed by atoms with Crippen molar-refractivity contribution >= 4 is 5.91 Å². The molecule has 4 heteroatoms. The van der Waals surface area contributed by atoms with E-state index in [1.165, 1.54) is 12.8 Å². The molecule has 4 N–H and O–H groups in total. The minimum Gasteiger partial charge on any atom is -0.394 e. The number of aliphatic hydroxyl groups is 1. The van der Waals surface area contributed by atoms with Crippen molar-refractivity contribution in [3.8, 4) is 0 Å². The molecule has 0 radical (unpaired) electrons. The molecule has 0 spiro atoms. The lowest BCUT2D eigenvalue weighted by Gasteiger charge is -2.42. The summed E-state index contributed by atoms with van der Waals surface area (Å²) in [4.78, 5) is 12.7. The van der Waals surface area contributed by atoms with Crippen LogP contribution in [0.5, 0.6) is 0 Å². The maximum Gasteiger partial charge on any atom is 0.228 e. The molecule has 0 aromatic rings. The maximum atomic E-state index is 12.7. The van der Waals surface area contributed by atoms with Crippen molar-refractivity contribution in [3.63, 3.8) is 0 Å². The minimum atomic E-state index is -0.380. The van der Waals surface area contributed by atoms with Gasteiger partial charge in [-0.25, -0.2) is 0 Å². The highest BCUT2D eigenvalue weighted by Crippen LogP contribution is 2.37. The Balaban J connectivity index is 2.05. The molecule has 0 bridgehead atoms. The van der Waals surface area contributed by atoms with E-state index < -0.39 is 0 Å². The van der Waals surface area contributed by atoms with E-state index in [0.717, 1.165) is 51.4 Å². The first-order valence-electron chi connectivity index (χ1n) is 7.80. The van der Waals surface area contributed by atoms with E-state index in [0.29, 0.717) is 6.54 Å². The van der Waals surface area contributed by atoms with E-state index in [9.17, 15) is 9.90 Å². The number of hydrogen-bond acceptors (Lipinski definition) is 3. The fraction of sp³-hybridized carbons (Fsp3) is 0.933. The molecule has 0 aromatic heterocycles. The van der Waals surface area contributed by atoms with Crippen LogP contribution >= 0.6 is 0 Å². The Kier molecular flexibility index (Phi) is 4.85. The van der Waals surface area contributed by atoms with Crippen molar-refractivity contribution in [3.05, 3.63) is 0 Å². The zero-order chi connectivity index (χ0) is 13.8. The smallest absolute Gasteiger partial charge is 0.228 e. The molecular weight excluding hydrogens is 240 g/mol. The molecule has 0 saturated heterocycles. The second-order valence-electron chi connectivity index (χ2n) is 6.50. The molecule has 110 valence electrons.